The molecule has 0 aliphatic rings. The van der Waals surface area contributed by atoms with Crippen LogP contribution in [0.1, 0.15) is 11.6 Å². The highest BCUT2D eigenvalue weighted by Crippen LogP contribution is 2.35. The molecule has 0 amide bonds. The number of nitro groups is 1. The summed E-state index contributed by atoms with van der Waals surface area (Å²) in [5.41, 5.74) is 4.20. The number of halogens is 2. The second kappa shape index (κ2) is 4.60. The summed E-state index contributed by atoms with van der Waals surface area (Å²) >= 11 is 0. The summed E-state index contributed by atoms with van der Waals surface area (Å²) in [6.45, 7) is -1.52. The highest BCUT2D eigenvalue weighted by molar-refractivity contribution is 5.45. The average molecular weight is 248 g/mol. The van der Waals surface area contributed by atoms with Crippen LogP contribution in [0, 0.1) is 10.1 Å². The smallest absolute Gasteiger partial charge is 0.289 e. The lowest BCUT2D eigenvalue weighted by atomic mass is 10.0. The number of nitro benzene ring substituents is 1. The normalized spacial score (nSPS) is 13.4. The molecule has 0 saturated carbocycles. The third-order valence-electron chi connectivity index (χ3n) is 2.22. The molecule has 0 aromatic heterocycles. The molecule has 1 atom stereocenters. The van der Waals surface area contributed by atoms with E-state index in [1.165, 1.54) is 0 Å². The van der Waals surface area contributed by atoms with Crippen LogP contribution in [0.4, 0.5) is 14.5 Å². The standard InChI is InChI=1S/C9H10F2N2O4/c10-9(11,4-14)8(12)6-3-5(13(16)17)1-2-7(6)15/h1-3,8,14-15H,4,12H2/t8-/m1/s1. The average Bonchev–Trinajstić information content (AvgIpc) is 2.28. The Bertz CT molecular complexity index is 439. The van der Waals surface area contributed by atoms with Crippen molar-refractivity contribution in [2.45, 2.75) is 12.0 Å². The van der Waals surface area contributed by atoms with E-state index in [9.17, 15) is 24.0 Å². The van der Waals surface area contributed by atoms with E-state index in [4.69, 9.17) is 10.8 Å². The number of phenolic OH excluding ortho intramolecular Hbond substituents is 1. The fraction of sp³-hybridized carbons (Fsp3) is 0.333. The SMILES string of the molecule is N[C@H](c1cc([N+](=O)[O-])ccc1O)C(F)(F)CO. The predicted molar refractivity (Wildman–Crippen MR) is 53.7 cm³/mol. The third-order valence-corrected chi connectivity index (χ3v) is 2.22. The van der Waals surface area contributed by atoms with Gasteiger partial charge in [0.15, 0.2) is 0 Å². The van der Waals surface area contributed by atoms with Gasteiger partial charge in [0, 0.05) is 17.7 Å². The van der Waals surface area contributed by atoms with E-state index in [0.717, 1.165) is 18.2 Å². The molecule has 0 aliphatic heterocycles. The van der Waals surface area contributed by atoms with Crippen molar-refractivity contribution >= 4 is 5.69 Å². The van der Waals surface area contributed by atoms with Crippen molar-refractivity contribution in [3.05, 3.63) is 33.9 Å². The van der Waals surface area contributed by atoms with Crippen LogP contribution in [0.15, 0.2) is 18.2 Å². The van der Waals surface area contributed by atoms with Crippen LogP contribution in [0.5, 0.6) is 5.75 Å². The first-order chi connectivity index (χ1) is 7.79. The van der Waals surface area contributed by atoms with Crippen molar-refractivity contribution in [1.82, 2.24) is 0 Å². The zero-order valence-corrected chi connectivity index (χ0v) is 8.51. The van der Waals surface area contributed by atoms with Crippen molar-refractivity contribution < 1.29 is 23.9 Å². The molecule has 0 unspecified atom stereocenters. The van der Waals surface area contributed by atoms with Gasteiger partial charge in [-0.2, -0.15) is 0 Å². The first-order valence-corrected chi connectivity index (χ1v) is 4.51. The van der Waals surface area contributed by atoms with Crippen LogP contribution in [-0.4, -0.2) is 27.7 Å². The molecule has 8 heteroatoms. The number of non-ortho nitro benzene ring substituents is 1. The maximum atomic E-state index is 13.1. The van der Waals surface area contributed by atoms with Crippen molar-refractivity contribution in [2.75, 3.05) is 6.61 Å². The van der Waals surface area contributed by atoms with E-state index < -0.39 is 40.5 Å². The largest absolute Gasteiger partial charge is 0.508 e. The van der Waals surface area contributed by atoms with E-state index in [2.05, 4.69) is 0 Å². The Kier molecular flexibility index (Phi) is 3.59. The van der Waals surface area contributed by atoms with Crippen molar-refractivity contribution in [3.8, 4) is 5.75 Å². The molecule has 0 aliphatic carbocycles. The number of phenols is 1. The lowest BCUT2D eigenvalue weighted by Crippen LogP contribution is -2.36. The highest BCUT2D eigenvalue weighted by atomic mass is 19.3. The number of aliphatic hydroxyl groups is 1. The first-order valence-electron chi connectivity index (χ1n) is 4.51. The zero-order valence-electron chi connectivity index (χ0n) is 8.51. The molecule has 0 saturated heterocycles. The molecule has 6 nitrogen and oxygen atoms in total. The Balaban J connectivity index is 3.21. The molecule has 0 fully saturated rings. The van der Waals surface area contributed by atoms with Gasteiger partial charge in [-0.15, -0.1) is 0 Å². The van der Waals surface area contributed by atoms with Gasteiger partial charge in [0.25, 0.3) is 11.6 Å². The Morgan fingerprint density at radius 2 is 2.12 bits per heavy atom. The van der Waals surface area contributed by atoms with Crippen molar-refractivity contribution in [2.24, 2.45) is 5.73 Å². The molecule has 0 bridgehead atoms. The predicted octanol–water partition coefficient (Wildman–Crippen LogP) is 0.928. The molecule has 1 aromatic carbocycles. The number of aliphatic hydroxyl groups excluding tert-OH is 1. The number of aromatic hydroxyl groups is 1. The lowest BCUT2D eigenvalue weighted by molar-refractivity contribution is -0.385. The Labute approximate surface area is 94.4 Å². The minimum atomic E-state index is -3.67. The van der Waals surface area contributed by atoms with Crippen LogP contribution < -0.4 is 5.73 Å². The Morgan fingerprint density at radius 3 is 2.59 bits per heavy atom. The van der Waals surface area contributed by atoms with Gasteiger partial charge in [-0.05, 0) is 6.07 Å². The fourth-order valence-corrected chi connectivity index (χ4v) is 1.23. The summed E-state index contributed by atoms with van der Waals surface area (Å²) in [4.78, 5) is 9.65. The van der Waals surface area contributed by atoms with Crippen LogP contribution in [0.2, 0.25) is 0 Å². The van der Waals surface area contributed by atoms with Gasteiger partial charge in [0.05, 0.1) is 4.92 Å². The number of nitrogens with zero attached hydrogens (tertiary/aromatic N) is 1. The van der Waals surface area contributed by atoms with E-state index in [0.29, 0.717) is 0 Å². The molecule has 0 heterocycles. The maximum Gasteiger partial charge on any atom is 0.289 e. The van der Waals surface area contributed by atoms with E-state index >= 15 is 0 Å². The number of nitrogens with two attached hydrogens (primary N) is 1. The van der Waals surface area contributed by atoms with Crippen LogP contribution in [0.25, 0.3) is 0 Å². The Morgan fingerprint density at radius 1 is 1.53 bits per heavy atom. The topological polar surface area (TPSA) is 110 Å². The minimum Gasteiger partial charge on any atom is -0.508 e. The number of rotatable bonds is 4. The number of alkyl halides is 2. The van der Waals surface area contributed by atoms with Gasteiger partial charge < -0.3 is 15.9 Å². The second-order valence-corrected chi connectivity index (χ2v) is 3.40. The number of benzene rings is 1. The third kappa shape index (κ3) is 2.66. The van der Waals surface area contributed by atoms with Gasteiger partial charge in [-0.3, -0.25) is 10.1 Å². The van der Waals surface area contributed by atoms with Gasteiger partial charge >= 0.3 is 0 Å². The molecular weight excluding hydrogens is 238 g/mol. The van der Waals surface area contributed by atoms with Gasteiger partial charge in [0.1, 0.15) is 18.4 Å². The molecule has 1 aromatic rings. The quantitative estimate of drug-likeness (QED) is 0.542. The number of hydrogen-bond acceptors (Lipinski definition) is 5. The first kappa shape index (κ1) is 13.3. The minimum absolute atomic E-state index is 0.470. The van der Waals surface area contributed by atoms with Crippen molar-refractivity contribution in [1.29, 1.82) is 0 Å². The summed E-state index contributed by atoms with van der Waals surface area (Å²) in [6.07, 6.45) is 0. The Hall–Kier alpha value is -1.80. The summed E-state index contributed by atoms with van der Waals surface area (Å²) in [7, 11) is 0. The fourth-order valence-electron chi connectivity index (χ4n) is 1.23. The summed E-state index contributed by atoms with van der Waals surface area (Å²) in [5.74, 6) is -4.26. The van der Waals surface area contributed by atoms with E-state index in [1.54, 1.807) is 0 Å². The molecular formula is C9H10F2N2O4. The summed E-state index contributed by atoms with van der Waals surface area (Å²) in [5, 5.41) is 28.2. The van der Waals surface area contributed by atoms with Gasteiger partial charge in [-0.1, -0.05) is 0 Å². The molecule has 94 valence electrons. The van der Waals surface area contributed by atoms with Crippen LogP contribution >= 0.6 is 0 Å². The maximum absolute atomic E-state index is 13.1. The molecule has 0 radical (unpaired) electrons. The van der Waals surface area contributed by atoms with Gasteiger partial charge in [-0.25, -0.2) is 8.78 Å². The van der Waals surface area contributed by atoms with Crippen LogP contribution in [0.3, 0.4) is 0 Å². The molecule has 0 spiro atoms. The molecule has 17 heavy (non-hydrogen) atoms. The van der Waals surface area contributed by atoms with Gasteiger partial charge in [0.2, 0.25) is 0 Å². The highest BCUT2D eigenvalue weighted by Gasteiger charge is 2.39. The lowest BCUT2D eigenvalue weighted by Gasteiger charge is -2.22. The molecule has 4 N–H and O–H groups in total. The van der Waals surface area contributed by atoms with Crippen LogP contribution in [-0.2, 0) is 0 Å². The molecule has 1 rings (SSSR count). The summed E-state index contributed by atoms with van der Waals surface area (Å²) < 4.78 is 26.2. The zero-order chi connectivity index (χ0) is 13.2. The van der Waals surface area contributed by atoms with Crippen molar-refractivity contribution in [3.63, 3.8) is 0 Å². The van der Waals surface area contributed by atoms with E-state index in [-0.39, 0.29) is 0 Å². The second-order valence-electron chi connectivity index (χ2n) is 3.40. The van der Waals surface area contributed by atoms with E-state index in [1.807, 2.05) is 0 Å². The number of hydrogen-bond donors (Lipinski definition) is 3. The summed E-state index contributed by atoms with van der Waals surface area (Å²) in [6, 6.07) is 0.597. The monoisotopic (exact) mass is 248 g/mol.